The monoisotopic (exact) mass is 439 g/mol. The normalized spacial score (nSPS) is 10.9. The number of ether oxygens (including phenoxy) is 1. The van der Waals surface area contributed by atoms with Crippen LogP contribution in [0, 0.1) is 0 Å². The van der Waals surface area contributed by atoms with E-state index in [1.165, 1.54) is 16.0 Å². The summed E-state index contributed by atoms with van der Waals surface area (Å²) in [5.74, 6) is -0.611. The quantitative estimate of drug-likeness (QED) is 0.366. The van der Waals surface area contributed by atoms with Crippen molar-refractivity contribution in [2.45, 2.75) is 6.61 Å². The molecule has 0 fully saturated rings. The summed E-state index contributed by atoms with van der Waals surface area (Å²) in [5.41, 5.74) is 2.03. The first-order valence-corrected chi connectivity index (χ1v) is 10.8. The van der Waals surface area contributed by atoms with Gasteiger partial charge >= 0.3 is 5.97 Å². The van der Waals surface area contributed by atoms with E-state index in [1.54, 1.807) is 36.4 Å². The zero-order valence-corrected chi connectivity index (χ0v) is 17.7. The lowest BCUT2D eigenvalue weighted by Crippen LogP contribution is -2.25. The van der Waals surface area contributed by atoms with Crippen molar-refractivity contribution in [3.05, 3.63) is 112 Å². The average molecular weight is 439 g/mol. The maximum atomic E-state index is 13.0. The summed E-state index contributed by atoms with van der Waals surface area (Å²) in [6.45, 7) is 0.0165. The molecule has 0 bridgehead atoms. The average Bonchev–Trinajstić information content (AvgIpc) is 3.33. The van der Waals surface area contributed by atoms with Gasteiger partial charge in [-0.25, -0.2) is 9.78 Å². The Balaban J connectivity index is 1.46. The van der Waals surface area contributed by atoms with Crippen LogP contribution in [0.5, 0.6) is 0 Å². The van der Waals surface area contributed by atoms with Gasteiger partial charge in [-0.05, 0) is 18.2 Å². The van der Waals surface area contributed by atoms with E-state index in [0.29, 0.717) is 22.2 Å². The van der Waals surface area contributed by atoms with E-state index in [0.717, 1.165) is 10.6 Å². The number of fused-ring (bicyclic) bond motifs is 1. The molecule has 0 saturated heterocycles. The van der Waals surface area contributed by atoms with Gasteiger partial charge in [-0.1, -0.05) is 66.7 Å². The van der Waals surface area contributed by atoms with Gasteiger partial charge in [0.1, 0.15) is 11.6 Å². The van der Waals surface area contributed by atoms with Gasteiger partial charge in [-0.15, -0.1) is 11.3 Å². The van der Waals surface area contributed by atoms with Crippen LogP contribution in [-0.4, -0.2) is 20.7 Å². The van der Waals surface area contributed by atoms with Gasteiger partial charge < -0.3 is 4.74 Å². The molecule has 5 aromatic rings. The van der Waals surface area contributed by atoms with Crippen LogP contribution in [0.1, 0.15) is 16.2 Å². The third kappa shape index (κ3) is 3.81. The SMILES string of the molecule is O=C(OCc1csc(-c2ccccc2)n1)c1nn(-c2ccccc2)c(=O)c2ccccc12. The van der Waals surface area contributed by atoms with Crippen molar-refractivity contribution >= 4 is 28.1 Å². The lowest BCUT2D eigenvalue weighted by Gasteiger charge is -2.10. The number of hydrogen-bond acceptors (Lipinski definition) is 6. The number of aromatic nitrogens is 3. The van der Waals surface area contributed by atoms with Gasteiger partial charge in [0.05, 0.1) is 16.8 Å². The van der Waals surface area contributed by atoms with Crippen LogP contribution in [0.4, 0.5) is 0 Å². The van der Waals surface area contributed by atoms with E-state index in [4.69, 9.17) is 4.74 Å². The molecule has 0 radical (unpaired) electrons. The molecule has 156 valence electrons. The number of para-hydroxylation sites is 1. The van der Waals surface area contributed by atoms with E-state index in [-0.39, 0.29) is 17.9 Å². The lowest BCUT2D eigenvalue weighted by atomic mass is 10.1. The second-order valence-corrected chi connectivity index (χ2v) is 7.89. The van der Waals surface area contributed by atoms with Crippen molar-refractivity contribution in [1.29, 1.82) is 0 Å². The Kier molecular flexibility index (Phi) is 5.31. The molecule has 0 atom stereocenters. The van der Waals surface area contributed by atoms with Crippen LogP contribution in [0.3, 0.4) is 0 Å². The Morgan fingerprint density at radius 2 is 1.53 bits per heavy atom. The van der Waals surface area contributed by atoms with E-state index >= 15 is 0 Å². The molecule has 32 heavy (non-hydrogen) atoms. The number of benzene rings is 3. The lowest BCUT2D eigenvalue weighted by molar-refractivity contribution is 0.0462. The molecule has 0 saturated carbocycles. The predicted octanol–water partition coefficient (Wildman–Crippen LogP) is 4.87. The van der Waals surface area contributed by atoms with Crippen molar-refractivity contribution in [3.63, 3.8) is 0 Å². The third-order valence-electron chi connectivity index (χ3n) is 4.92. The first kappa shape index (κ1) is 19.8. The van der Waals surface area contributed by atoms with Gasteiger partial charge in [0.2, 0.25) is 0 Å². The van der Waals surface area contributed by atoms with E-state index in [1.807, 2.05) is 53.9 Å². The van der Waals surface area contributed by atoms with Gasteiger partial charge in [-0.3, -0.25) is 4.79 Å². The molecule has 5 rings (SSSR count). The molecule has 0 aliphatic rings. The Labute approximate surface area is 187 Å². The van der Waals surface area contributed by atoms with Gasteiger partial charge in [0, 0.05) is 16.3 Å². The number of carbonyl (C=O) groups is 1. The number of nitrogens with zero attached hydrogens (tertiary/aromatic N) is 3. The summed E-state index contributed by atoms with van der Waals surface area (Å²) in [4.78, 5) is 30.5. The standard InChI is InChI=1S/C25H17N3O3S/c29-24-21-14-8-7-13-20(21)22(27-28(24)19-11-5-2-6-12-19)25(30)31-15-18-16-32-23(26-18)17-9-3-1-4-10-17/h1-14,16H,15H2. The van der Waals surface area contributed by atoms with Crippen molar-refractivity contribution in [3.8, 4) is 16.3 Å². The summed E-state index contributed by atoms with van der Waals surface area (Å²) in [6, 6.07) is 25.7. The number of carbonyl (C=O) groups excluding carboxylic acids is 1. The van der Waals surface area contributed by atoms with E-state index < -0.39 is 5.97 Å². The van der Waals surface area contributed by atoms with Crippen LogP contribution in [0.25, 0.3) is 27.0 Å². The summed E-state index contributed by atoms with van der Waals surface area (Å²) in [6.07, 6.45) is 0. The van der Waals surface area contributed by atoms with Crippen molar-refractivity contribution in [1.82, 2.24) is 14.8 Å². The first-order valence-electron chi connectivity index (χ1n) is 9.95. The maximum absolute atomic E-state index is 13.0. The topological polar surface area (TPSA) is 74.1 Å². The van der Waals surface area contributed by atoms with E-state index in [2.05, 4.69) is 10.1 Å². The van der Waals surface area contributed by atoms with Gasteiger partial charge in [0.15, 0.2) is 5.69 Å². The molecule has 0 aliphatic carbocycles. The smallest absolute Gasteiger partial charge is 0.359 e. The minimum atomic E-state index is -0.611. The molecule has 2 heterocycles. The Hall–Kier alpha value is -4.10. The highest BCUT2D eigenvalue weighted by Crippen LogP contribution is 2.24. The minimum Gasteiger partial charge on any atom is -0.454 e. The number of esters is 1. The predicted molar refractivity (Wildman–Crippen MR) is 124 cm³/mol. The third-order valence-corrected chi connectivity index (χ3v) is 5.86. The van der Waals surface area contributed by atoms with E-state index in [9.17, 15) is 9.59 Å². The molecule has 0 amide bonds. The van der Waals surface area contributed by atoms with Crippen molar-refractivity contribution in [2.75, 3.05) is 0 Å². The number of thiazole rings is 1. The molecule has 2 aromatic heterocycles. The highest BCUT2D eigenvalue weighted by molar-refractivity contribution is 7.13. The largest absolute Gasteiger partial charge is 0.454 e. The molecular formula is C25H17N3O3S. The molecular weight excluding hydrogens is 422 g/mol. The maximum Gasteiger partial charge on any atom is 0.359 e. The first-order chi connectivity index (χ1) is 15.7. The zero-order chi connectivity index (χ0) is 21.9. The second-order valence-electron chi connectivity index (χ2n) is 7.03. The Bertz CT molecular complexity index is 1460. The van der Waals surface area contributed by atoms with Crippen LogP contribution in [0.15, 0.2) is 95.1 Å². The van der Waals surface area contributed by atoms with Crippen LogP contribution in [0.2, 0.25) is 0 Å². The van der Waals surface area contributed by atoms with Crippen LogP contribution in [-0.2, 0) is 11.3 Å². The van der Waals surface area contributed by atoms with Gasteiger partial charge in [0.25, 0.3) is 5.56 Å². The number of hydrogen-bond donors (Lipinski definition) is 0. The summed E-state index contributed by atoms with van der Waals surface area (Å²) in [7, 11) is 0. The molecule has 0 spiro atoms. The minimum absolute atomic E-state index is 0.0165. The molecule has 0 N–H and O–H groups in total. The van der Waals surface area contributed by atoms with Crippen molar-refractivity contribution in [2.24, 2.45) is 0 Å². The fourth-order valence-corrected chi connectivity index (χ4v) is 4.19. The van der Waals surface area contributed by atoms with Gasteiger partial charge in [-0.2, -0.15) is 9.78 Å². The summed E-state index contributed by atoms with van der Waals surface area (Å²) < 4.78 is 6.76. The van der Waals surface area contributed by atoms with Crippen molar-refractivity contribution < 1.29 is 9.53 Å². The highest BCUT2D eigenvalue weighted by atomic mass is 32.1. The van der Waals surface area contributed by atoms with Crippen LogP contribution < -0.4 is 5.56 Å². The summed E-state index contributed by atoms with van der Waals surface area (Å²) >= 11 is 1.49. The highest BCUT2D eigenvalue weighted by Gasteiger charge is 2.19. The zero-order valence-electron chi connectivity index (χ0n) is 16.8. The van der Waals surface area contributed by atoms with Crippen LogP contribution >= 0.6 is 11.3 Å². The molecule has 7 heteroatoms. The molecule has 0 aliphatic heterocycles. The molecule has 3 aromatic carbocycles. The fraction of sp³-hybridized carbons (Fsp3) is 0.0400. The summed E-state index contributed by atoms with van der Waals surface area (Å²) in [5, 5.41) is 7.93. The Morgan fingerprint density at radius 3 is 2.28 bits per heavy atom. The Morgan fingerprint density at radius 1 is 0.875 bits per heavy atom. The fourth-order valence-electron chi connectivity index (χ4n) is 3.38. The number of rotatable bonds is 5. The molecule has 6 nitrogen and oxygen atoms in total. The molecule has 0 unspecified atom stereocenters. The second kappa shape index (κ2) is 8.56.